The number of benzene rings is 1. The molecule has 0 radical (unpaired) electrons. The van der Waals surface area contributed by atoms with Gasteiger partial charge in [-0.2, -0.15) is 5.26 Å². The molecule has 0 aliphatic carbocycles. The van der Waals surface area contributed by atoms with Crippen molar-refractivity contribution in [1.82, 2.24) is 4.98 Å². The van der Waals surface area contributed by atoms with Crippen LogP contribution in [0.3, 0.4) is 0 Å². The van der Waals surface area contributed by atoms with Crippen molar-refractivity contribution in [2.45, 2.75) is 21.8 Å². The maximum atomic E-state index is 8.90. The summed E-state index contributed by atoms with van der Waals surface area (Å²) < 4.78 is 5.39. The fourth-order valence-electron chi connectivity index (χ4n) is 1.30. The number of aryl methyl sites for hydroxylation is 1. The quantitative estimate of drug-likeness (QED) is 0.789. The van der Waals surface area contributed by atoms with Gasteiger partial charge in [0.2, 0.25) is 5.09 Å². The molecule has 0 fully saturated rings. The second-order valence-electron chi connectivity index (χ2n) is 3.26. The normalized spacial score (nSPS) is 10.2. The molecule has 2 rings (SSSR count). The molecular weight excluding hydrogens is 252 g/mol. The highest BCUT2D eigenvalue weighted by Crippen LogP contribution is 2.31. The summed E-state index contributed by atoms with van der Waals surface area (Å²) in [5.74, 6) is 0.518. The summed E-state index contributed by atoms with van der Waals surface area (Å²) >= 11 is 3.12. The first-order chi connectivity index (χ1) is 8.22. The van der Waals surface area contributed by atoms with Gasteiger partial charge in [0.25, 0.3) is 0 Å². The fraction of sp³-hybridized carbons (Fsp3) is 0.167. The Hall–Kier alpha value is -1.38. The highest BCUT2D eigenvalue weighted by molar-refractivity contribution is 7.99. The third kappa shape index (κ3) is 2.84. The van der Waals surface area contributed by atoms with Gasteiger partial charge in [-0.1, -0.05) is 0 Å². The first-order valence-electron chi connectivity index (χ1n) is 4.92. The third-order valence-electron chi connectivity index (χ3n) is 2.08. The molecule has 0 unspecified atom stereocenters. The van der Waals surface area contributed by atoms with Crippen LogP contribution in [0.25, 0.3) is 0 Å². The zero-order valence-electron chi connectivity index (χ0n) is 9.43. The third-order valence-corrected chi connectivity index (χ3v) is 3.79. The molecule has 0 spiro atoms. The average molecular weight is 262 g/mol. The van der Waals surface area contributed by atoms with E-state index in [1.54, 1.807) is 18.7 Å². The molecular formula is C12H10N2OS2. The number of aromatic nitrogens is 1. The second-order valence-corrected chi connectivity index (χ2v) is 5.18. The summed E-state index contributed by atoms with van der Waals surface area (Å²) in [5, 5.41) is 9.46. The van der Waals surface area contributed by atoms with E-state index in [2.05, 4.69) is 4.98 Å². The Bertz CT molecular complexity index is 555. The molecule has 86 valence electrons. The molecule has 1 aromatic carbocycles. The Morgan fingerprint density at radius 3 is 2.47 bits per heavy atom. The lowest BCUT2D eigenvalue weighted by molar-refractivity contribution is 0.441. The molecule has 0 saturated heterocycles. The molecule has 0 N–H and O–H groups in total. The summed E-state index contributed by atoms with van der Waals surface area (Å²) in [7, 11) is 0. The number of hydrogen-bond donors (Lipinski definition) is 0. The van der Waals surface area contributed by atoms with Crippen LogP contribution in [-0.4, -0.2) is 11.2 Å². The Labute approximate surface area is 108 Å². The van der Waals surface area contributed by atoms with Crippen molar-refractivity contribution < 1.29 is 4.42 Å². The number of hydrogen-bond acceptors (Lipinski definition) is 5. The highest BCUT2D eigenvalue weighted by Gasteiger charge is 2.11. The van der Waals surface area contributed by atoms with Gasteiger partial charge in [0.1, 0.15) is 6.07 Å². The van der Waals surface area contributed by atoms with Crippen molar-refractivity contribution >= 4 is 23.5 Å². The molecule has 5 heteroatoms. The lowest BCUT2D eigenvalue weighted by Crippen LogP contribution is -1.77. The van der Waals surface area contributed by atoms with Crippen molar-refractivity contribution in [2.24, 2.45) is 0 Å². The molecule has 1 aromatic heterocycles. The lowest BCUT2D eigenvalue weighted by Gasteiger charge is -1.99. The summed E-state index contributed by atoms with van der Waals surface area (Å²) in [5.41, 5.74) is 0.349. The molecule has 0 amide bonds. The topological polar surface area (TPSA) is 49.8 Å². The maximum Gasteiger partial charge on any atom is 0.203 e. The Morgan fingerprint density at radius 2 is 1.88 bits per heavy atom. The molecule has 0 atom stereocenters. The van der Waals surface area contributed by atoms with Gasteiger partial charge in [0.05, 0.1) is 0 Å². The van der Waals surface area contributed by atoms with Crippen LogP contribution in [-0.2, 0) is 0 Å². The maximum absolute atomic E-state index is 8.90. The van der Waals surface area contributed by atoms with Gasteiger partial charge >= 0.3 is 0 Å². The van der Waals surface area contributed by atoms with Crippen molar-refractivity contribution in [3.05, 3.63) is 35.9 Å². The Balaban J connectivity index is 2.22. The van der Waals surface area contributed by atoms with Crippen LogP contribution in [0.4, 0.5) is 0 Å². The van der Waals surface area contributed by atoms with E-state index in [1.165, 1.54) is 16.7 Å². The zero-order chi connectivity index (χ0) is 12.3. The molecule has 0 bridgehead atoms. The van der Waals surface area contributed by atoms with Crippen LogP contribution in [0.15, 0.2) is 43.6 Å². The number of oxazole rings is 1. The number of thioether (sulfide) groups is 1. The van der Waals surface area contributed by atoms with E-state index in [0.717, 1.165) is 4.90 Å². The summed E-state index contributed by atoms with van der Waals surface area (Å²) in [6, 6.07) is 10.1. The van der Waals surface area contributed by atoms with E-state index in [0.29, 0.717) is 16.7 Å². The molecule has 2 aromatic rings. The van der Waals surface area contributed by atoms with Crippen LogP contribution in [0.5, 0.6) is 0 Å². The van der Waals surface area contributed by atoms with Gasteiger partial charge in [-0.3, -0.25) is 0 Å². The standard InChI is InChI=1S/C12H10N2OS2/c1-8-14-11(7-13)12(15-8)17-10-5-3-9(16-2)4-6-10/h3-6H,1-2H3. The van der Waals surface area contributed by atoms with Crippen LogP contribution >= 0.6 is 23.5 Å². The van der Waals surface area contributed by atoms with Gasteiger partial charge in [0, 0.05) is 16.7 Å². The molecule has 1 heterocycles. The molecule has 3 nitrogen and oxygen atoms in total. The monoisotopic (exact) mass is 262 g/mol. The van der Waals surface area contributed by atoms with Crippen LogP contribution in [0.2, 0.25) is 0 Å². The zero-order valence-corrected chi connectivity index (χ0v) is 11.1. The van der Waals surface area contributed by atoms with Crippen molar-refractivity contribution in [2.75, 3.05) is 6.26 Å². The molecule has 17 heavy (non-hydrogen) atoms. The SMILES string of the molecule is CSc1ccc(Sc2oc(C)nc2C#N)cc1. The van der Waals surface area contributed by atoms with Gasteiger partial charge < -0.3 is 4.42 Å². The molecule has 0 aliphatic rings. The lowest BCUT2D eigenvalue weighted by atomic mass is 10.4. The minimum Gasteiger partial charge on any atom is -0.433 e. The predicted molar refractivity (Wildman–Crippen MR) is 68.3 cm³/mol. The predicted octanol–water partition coefficient (Wildman–Crippen LogP) is 3.73. The van der Waals surface area contributed by atoms with Crippen LogP contribution in [0, 0.1) is 18.3 Å². The number of rotatable bonds is 3. The number of nitriles is 1. The highest BCUT2D eigenvalue weighted by atomic mass is 32.2. The van der Waals surface area contributed by atoms with Crippen LogP contribution < -0.4 is 0 Å². The van der Waals surface area contributed by atoms with Gasteiger partial charge in [-0.15, -0.1) is 11.8 Å². The Morgan fingerprint density at radius 1 is 1.24 bits per heavy atom. The van der Waals surface area contributed by atoms with Crippen molar-refractivity contribution in [3.63, 3.8) is 0 Å². The average Bonchev–Trinajstić information content (AvgIpc) is 2.70. The van der Waals surface area contributed by atoms with Gasteiger partial charge in [0.15, 0.2) is 11.6 Å². The largest absolute Gasteiger partial charge is 0.433 e. The molecule has 0 aliphatic heterocycles. The van der Waals surface area contributed by atoms with E-state index in [1.807, 2.05) is 36.6 Å². The van der Waals surface area contributed by atoms with E-state index >= 15 is 0 Å². The van der Waals surface area contributed by atoms with E-state index in [9.17, 15) is 0 Å². The van der Waals surface area contributed by atoms with Crippen molar-refractivity contribution in [1.29, 1.82) is 5.26 Å². The summed E-state index contributed by atoms with van der Waals surface area (Å²) in [6.45, 7) is 1.74. The number of nitrogens with zero attached hydrogens (tertiary/aromatic N) is 2. The fourth-order valence-corrected chi connectivity index (χ4v) is 2.54. The van der Waals surface area contributed by atoms with Gasteiger partial charge in [-0.05, 0) is 42.3 Å². The second kappa shape index (κ2) is 5.30. The van der Waals surface area contributed by atoms with E-state index in [4.69, 9.17) is 9.68 Å². The minimum atomic E-state index is 0.349. The summed E-state index contributed by atoms with van der Waals surface area (Å²) in [6.07, 6.45) is 2.04. The first kappa shape index (κ1) is 12.1. The first-order valence-corrected chi connectivity index (χ1v) is 6.96. The van der Waals surface area contributed by atoms with E-state index in [-0.39, 0.29) is 0 Å². The van der Waals surface area contributed by atoms with Crippen LogP contribution in [0.1, 0.15) is 11.6 Å². The molecule has 0 saturated carbocycles. The van der Waals surface area contributed by atoms with Crippen molar-refractivity contribution in [3.8, 4) is 6.07 Å². The van der Waals surface area contributed by atoms with E-state index < -0.39 is 0 Å². The van der Waals surface area contributed by atoms with Gasteiger partial charge in [-0.25, -0.2) is 4.98 Å². The Kier molecular flexibility index (Phi) is 3.77. The smallest absolute Gasteiger partial charge is 0.203 e. The summed E-state index contributed by atoms with van der Waals surface area (Å²) in [4.78, 5) is 6.26. The minimum absolute atomic E-state index is 0.349.